The molecule has 72 valence electrons. The second kappa shape index (κ2) is 3.63. The molecule has 0 saturated heterocycles. The maximum atomic E-state index is 5.97. The van der Waals surface area contributed by atoms with E-state index >= 15 is 0 Å². The van der Waals surface area contributed by atoms with E-state index in [4.69, 9.17) is 17.3 Å². The van der Waals surface area contributed by atoms with E-state index in [1.165, 1.54) is 4.68 Å². The molecule has 1 heterocycles. The normalized spacial score (nSPS) is 10.4. The maximum Gasteiger partial charge on any atom is 0.240 e. The highest BCUT2D eigenvalue weighted by molar-refractivity contribution is 6.31. The summed E-state index contributed by atoms with van der Waals surface area (Å²) in [4.78, 5) is 0. The summed E-state index contributed by atoms with van der Waals surface area (Å²) >= 11 is 5.97. The van der Waals surface area contributed by atoms with E-state index in [-0.39, 0.29) is 5.95 Å². The van der Waals surface area contributed by atoms with Crippen LogP contribution < -0.4 is 5.73 Å². The van der Waals surface area contributed by atoms with Crippen molar-refractivity contribution in [3.05, 3.63) is 34.9 Å². The van der Waals surface area contributed by atoms with Gasteiger partial charge in [-0.25, -0.2) is 4.68 Å². The van der Waals surface area contributed by atoms with Crippen LogP contribution in [0, 0.1) is 0 Å². The summed E-state index contributed by atoms with van der Waals surface area (Å²) in [6.45, 7) is 0.485. The van der Waals surface area contributed by atoms with Gasteiger partial charge in [-0.3, -0.25) is 0 Å². The smallest absolute Gasteiger partial charge is 0.240 e. The second-order valence-corrected chi connectivity index (χ2v) is 3.19. The number of rotatable bonds is 2. The van der Waals surface area contributed by atoms with Gasteiger partial charge in [0.25, 0.3) is 0 Å². The van der Waals surface area contributed by atoms with Crippen LogP contribution in [0.4, 0.5) is 5.95 Å². The number of tetrazole rings is 1. The van der Waals surface area contributed by atoms with Crippen LogP contribution in [-0.4, -0.2) is 20.2 Å². The van der Waals surface area contributed by atoms with Gasteiger partial charge in [0.1, 0.15) is 0 Å². The molecule has 14 heavy (non-hydrogen) atoms. The van der Waals surface area contributed by atoms with Crippen molar-refractivity contribution in [2.24, 2.45) is 0 Å². The van der Waals surface area contributed by atoms with Gasteiger partial charge in [0.05, 0.1) is 6.54 Å². The molecule has 1 aromatic carbocycles. The number of aromatic nitrogens is 4. The SMILES string of the molecule is Nc1nnnn1Cc1ccccc1Cl. The predicted octanol–water partition coefficient (Wildman–Crippen LogP) is 0.957. The topological polar surface area (TPSA) is 69.6 Å². The molecular formula is C8H8ClN5. The Morgan fingerprint density at radius 3 is 2.79 bits per heavy atom. The van der Waals surface area contributed by atoms with Crippen molar-refractivity contribution in [2.45, 2.75) is 6.54 Å². The third-order valence-corrected chi connectivity index (χ3v) is 2.21. The number of nitrogens with two attached hydrogens (primary N) is 1. The molecular weight excluding hydrogens is 202 g/mol. The van der Waals surface area contributed by atoms with Crippen molar-refractivity contribution in [2.75, 3.05) is 5.73 Å². The van der Waals surface area contributed by atoms with Gasteiger partial charge in [-0.15, -0.1) is 0 Å². The van der Waals surface area contributed by atoms with Crippen LogP contribution in [0.25, 0.3) is 0 Å². The highest BCUT2D eigenvalue weighted by atomic mass is 35.5. The lowest BCUT2D eigenvalue weighted by atomic mass is 10.2. The predicted molar refractivity (Wildman–Crippen MR) is 52.8 cm³/mol. The first-order chi connectivity index (χ1) is 6.77. The number of hydrogen-bond donors (Lipinski definition) is 1. The number of benzene rings is 1. The van der Waals surface area contributed by atoms with Crippen LogP contribution >= 0.6 is 11.6 Å². The molecule has 2 aromatic rings. The Bertz CT molecular complexity index is 439. The van der Waals surface area contributed by atoms with Crippen LogP contribution in [0.15, 0.2) is 24.3 Å². The van der Waals surface area contributed by atoms with Crippen LogP contribution in [-0.2, 0) is 6.54 Å². The number of anilines is 1. The first-order valence-electron chi connectivity index (χ1n) is 4.02. The van der Waals surface area contributed by atoms with Gasteiger partial charge in [0.15, 0.2) is 0 Å². The lowest BCUT2D eigenvalue weighted by molar-refractivity contribution is 0.655. The van der Waals surface area contributed by atoms with Crippen molar-refractivity contribution in [1.29, 1.82) is 0 Å². The highest BCUT2D eigenvalue weighted by Crippen LogP contribution is 2.16. The Balaban J connectivity index is 2.28. The first kappa shape index (κ1) is 8.96. The summed E-state index contributed by atoms with van der Waals surface area (Å²) < 4.78 is 1.49. The van der Waals surface area contributed by atoms with E-state index in [0.717, 1.165) is 5.56 Å². The Labute approximate surface area is 85.5 Å². The van der Waals surface area contributed by atoms with E-state index in [9.17, 15) is 0 Å². The van der Waals surface area contributed by atoms with Gasteiger partial charge in [-0.2, -0.15) is 0 Å². The average Bonchev–Trinajstić information content (AvgIpc) is 2.56. The minimum Gasteiger partial charge on any atom is -0.367 e. The minimum absolute atomic E-state index is 0.282. The molecule has 0 aliphatic carbocycles. The lowest BCUT2D eigenvalue weighted by Gasteiger charge is -2.03. The Hall–Kier alpha value is -1.62. The van der Waals surface area contributed by atoms with E-state index in [0.29, 0.717) is 11.6 Å². The zero-order chi connectivity index (χ0) is 9.97. The number of nitrogen functional groups attached to an aromatic ring is 1. The molecule has 0 saturated carbocycles. The van der Waals surface area contributed by atoms with Gasteiger partial charge >= 0.3 is 0 Å². The monoisotopic (exact) mass is 209 g/mol. The van der Waals surface area contributed by atoms with Gasteiger partial charge in [-0.05, 0) is 22.1 Å². The molecule has 2 N–H and O–H groups in total. The summed E-state index contributed by atoms with van der Waals surface area (Å²) in [5, 5.41) is 11.4. The molecule has 0 atom stereocenters. The average molecular weight is 210 g/mol. The van der Waals surface area contributed by atoms with E-state index in [1.807, 2.05) is 24.3 Å². The zero-order valence-electron chi connectivity index (χ0n) is 7.26. The molecule has 6 heteroatoms. The van der Waals surface area contributed by atoms with Crippen molar-refractivity contribution in [3.8, 4) is 0 Å². The largest absolute Gasteiger partial charge is 0.367 e. The zero-order valence-corrected chi connectivity index (χ0v) is 8.02. The Morgan fingerprint density at radius 1 is 1.36 bits per heavy atom. The molecule has 5 nitrogen and oxygen atoms in total. The van der Waals surface area contributed by atoms with Crippen molar-refractivity contribution in [3.63, 3.8) is 0 Å². The molecule has 0 amide bonds. The fourth-order valence-electron chi connectivity index (χ4n) is 1.11. The highest BCUT2D eigenvalue weighted by Gasteiger charge is 2.04. The number of nitrogens with zero attached hydrogens (tertiary/aromatic N) is 4. The second-order valence-electron chi connectivity index (χ2n) is 2.79. The number of halogens is 1. The summed E-state index contributed by atoms with van der Waals surface area (Å²) in [7, 11) is 0. The number of hydrogen-bond acceptors (Lipinski definition) is 4. The summed E-state index contributed by atoms with van der Waals surface area (Å²) in [5.74, 6) is 0.282. The minimum atomic E-state index is 0.282. The molecule has 0 aliphatic rings. The molecule has 0 spiro atoms. The van der Waals surface area contributed by atoms with Gasteiger partial charge < -0.3 is 5.73 Å². The summed E-state index contributed by atoms with van der Waals surface area (Å²) in [5.41, 5.74) is 6.46. The fourth-order valence-corrected chi connectivity index (χ4v) is 1.31. The van der Waals surface area contributed by atoms with Crippen LogP contribution in [0.1, 0.15) is 5.56 Å². The van der Waals surface area contributed by atoms with Gasteiger partial charge in [-0.1, -0.05) is 34.9 Å². The first-order valence-corrected chi connectivity index (χ1v) is 4.40. The third kappa shape index (κ3) is 1.67. The summed E-state index contributed by atoms with van der Waals surface area (Å²) in [6, 6.07) is 7.50. The lowest BCUT2D eigenvalue weighted by Crippen LogP contribution is -2.06. The Kier molecular flexibility index (Phi) is 2.32. The van der Waals surface area contributed by atoms with E-state index in [1.54, 1.807) is 0 Å². The standard InChI is InChI=1S/C8H8ClN5/c9-7-4-2-1-3-6(7)5-14-8(10)11-12-13-14/h1-4H,5H2,(H2,10,11,13). The van der Waals surface area contributed by atoms with Crippen molar-refractivity contribution in [1.82, 2.24) is 20.2 Å². The van der Waals surface area contributed by atoms with Crippen molar-refractivity contribution < 1.29 is 0 Å². The van der Waals surface area contributed by atoms with Crippen molar-refractivity contribution >= 4 is 17.5 Å². The molecule has 0 radical (unpaired) electrons. The quantitative estimate of drug-likeness (QED) is 0.800. The van der Waals surface area contributed by atoms with Crippen LogP contribution in [0.3, 0.4) is 0 Å². The molecule has 0 unspecified atom stereocenters. The molecule has 1 aromatic heterocycles. The van der Waals surface area contributed by atoms with E-state index < -0.39 is 0 Å². The third-order valence-electron chi connectivity index (χ3n) is 1.84. The molecule has 0 fully saturated rings. The van der Waals surface area contributed by atoms with Gasteiger partial charge in [0.2, 0.25) is 5.95 Å². The van der Waals surface area contributed by atoms with Crippen LogP contribution in [0.2, 0.25) is 5.02 Å². The summed E-state index contributed by atoms with van der Waals surface area (Å²) in [6.07, 6.45) is 0. The van der Waals surface area contributed by atoms with Gasteiger partial charge in [0, 0.05) is 5.02 Å². The molecule has 0 bridgehead atoms. The fraction of sp³-hybridized carbons (Fsp3) is 0.125. The molecule has 0 aliphatic heterocycles. The molecule has 2 rings (SSSR count). The maximum absolute atomic E-state index is 5.97. The van der Waals surface area contributed by atoms with E-state index in [2.05, 4.69) is 15.5 Å². The van der Waals surface area contributed by atoms with Crippen LogP contribution in [0.5, 0.6) is 0 Å². The Morgan fingerprint density at radius 2 is 2.14 bits per heavy atom.